The summed E-state index contributed by atoms with van der Waals surface area (Å²) in [6.45, 7) is 0. The third kappa shape index (κ3) is 4.70. The second kappa shape index (κ2) is 8.84. The van der Waals surface area contributed by atoms with E-state index in [1.165, 1.54) is 7.11 Å². The summed E-state index contributed by atoms with van der Waals surface area (Å²) in [5.41, 5.74) is 0.230. The Morgan fingerprint density at radius 3 is 2.63 bits per heavy atom. The summed E-state index contributed by atoms with van der Waals surface area (Å²) in [4.78, 5) is 26.1. The Morgan fingerprint density at radius 2 is 2.03 bits per heavy atom. The Kier molecular flexibility index (Phi) is 6.23. The van der Waals surface area contributed by atoms with Crippen LogP contribution in [0.15, 0.2) is 46.5 Å². The average Bonchev–Trinajstić information content (AvgIpc) is 3.17. The predicted octanol–water partition coefficient (Wildman–Crippen LogP) is 3.97. The fourth-order valence-electron chi connectivity index (χ4n) is 2.39. The van der Waals surface area contributed by atoms with E-state index in [9.17, 15) is 25.1 Å². The molecule has 0 saturated carbocycles. The highest BCUT2D eigenvalue weighted by Gasteiger charge is 2.19. The van der Waals surface area contributed by atoms with E-state index in [1.807, 2.05) is 0 Å². The molecule has 0 aliphatic carbocycles. The first-order chi connectivity index (χ1) is 14.3. The van der Waals surface area contributed by atoms with Gasteiger partial charge in [-0.3, -0.25) is 15.2 Å². The number of carbonyl (C=O) groups is 1. The van der Waals surface area contributed by atoms with E-state index in [4.69, 9.17) is 16.3 Å². The number of nitrogens with zero attached hydrogens (tertiary/aromatic N) is 3. The minimum atomic E-state index is -1.33. The highest BCUT2D eigenvalue weighted by Crippen LogP contribution is 2.37. The van der Waals surface area contributed by atoms with E-state index in [-0.39, 0.29) is 27.1 Å². The minimum Gasteiger partial charge on any atom is -0.504 e. The maximum atomic E-state index is 11.7. The van der Waals surface area contributed by atoms with Crippen LogP contribution in [0, 0.1) is 10.1 Å². The smallest absolute Gasteiger partial charge is 0.342 e. The number of hydrogen-bond acceptors (Lipinski definition) is 8. The number of methoxy groups -OCH3 is 1. The van der Waals surface area contributed by atoms with Gasteiger partial charge < -0.3 is 14.9 Å². The van der Waals surface area contributed by atoms with Crippen molar-refractivity contribution in [2.75, 3.05) is 7.11 Å². The molecule has 10 nitrogen and oxygen atoms in total. The first-order valence-corrected chi connectivity index (χ1v) is 9.34. The van der Waals surface area contributed by atoms with Gasteiger partial charge in [0.2, 0.25) is 5.16 Å². The largest absolute Gasteiger partial charge is 0.504 e. The van der Waals surface area contributed by atoms with Crippen molar-refractivity contribution in [3.63, 3.8) is 0 Å². The third-order valence-corrected chi connectivity index (χ3v) is 4.93. The molecule has 0 aliphatic rings. The summed E-state index contributed by atoms with van der Waals surface area (Å²) in [7, 11) is 1.23. The van der Waals surface area contributed by atoms with Crippen LogP contribution in [0.5, 0.6) is 11.5 Å². The van der Waals surface area contributed by atoms with E-state index in [0.29, 0.717) is 28.2 Å². The van der Waals surface area contributed by atoms with Crippen LogP contribution in [-0.2, 0) is 4.79 Å². The SMILES string of the molecule is COc1cc([N+](=O)[O-])cc(/C=C(/Sc2n[nH]c(-c3ccc(Cl)cc3)n2)C(=O)O)c1O. The Bertz CT molecular complexity index is 1150. The number of nitrogens with one attached hydrogen (secondary N) is 1. The molecule has 12 heteroatoms. The van der Waals surface area contributed by atoms with Crippen LogP contribution >= 0.6 is 23.4 Å². The van der Waals surface area contributed by atoms with Crippen LogP contribution in [0.25, 0.3) is 17.5 Å². The fraction of sp³-hybridized carbons (Fsp3) is 0.0556. The number of phenolic OH excluding ortho intramolecular Hbond substituents is 1. The topological polar surface area (TPSA) is 151 Å². The second-order valence-electron chi connectivity index (χ2n) is 5.73. The second-order valence-corrected chi connectivity index (χ2v) is 7.18. The lowest BCUT2D eigenvalue weighted by atomic mass is 10.1. The molecule has 154 valence electrons. The molecule has 2 aromatic carbocycles. The Morgan fingerprint density at radius 1 is 1.33 bits per heavy atom. The van der Waals surface area contributed by atoms with E-state index >= 15 is 0 Å². The third-order valence-electron chi connectivity index (χ3n) is 3.80. The Labute approximate surface area is 178 Å². The molecule has 1 heterocycles. The number of non-ortho nitro benzene ring substituents is 1. The number of rotatable bonds is 7. The van der Waals surface area contributed by atoms with Crippen LogP contribution < -0.4 is 4.74 Å². The van der Waals surface area contributed by atoms with Gasteiger partial charge in [0.25, 0.3) is 5.69 Å². The van der Waals surface area contributed by atoms with Gasteiger partial charge in [-0.1, -0.05) is 11.6 Å². The number of aromatic nitrogens is 3. The maximum Gasteiger partial charge on any atom is 0.342 e. The number of aromatic hydroxyl groups is 1. The number of carboxylic acid groups (broad SMARTS) is 1. The van der Waals surface area contributed by atoms with Gasteiger partial charge in [0.1, 0.15) is 4.91 Å². The number of hydrogen-bond donors (Lipinski definition) is 3. The number of nitro benzene ring substituents is 1. The normalized spacial score (nSPS) is 11.3. The van der Waals surface area contributed by atoms with Gasteiger partial charge in [-0.05, 0) is 42.1 Å². The number of ether oxygens (including phenoxy) is 1. The van der Waals surface area contributed by atoms with Gasteiger partial charge >= 0.3 is 5.97 Å². The van der Waals surface area contributed by atoms with Gasteiger partial charge in [0, 0.05) is 22.2 Å². The quantitative estimate of drug-likeness (QED) is 0.211. The first-order valence-electron chi connectivity index (χ1n) is 8.15. The van der Waals surface area contributed by atoms with Gasteiger partial charge in [0.15, 0.2) is 17.3 Å². The van der Waals surface area contributed by atoms with Crippen LogP contribution in [0.2, 0.25) is 5.02 Å². The molecule has 30 heavy (non-hydrogen) atoms. The monoisotopic (exact) mass is 448 g/mol. The number of carboxylic acids is 1. The fourth-order valence-corrected chi connectivity index (χ4v) is 3.21. The molecule has 3 N–H and O–H groups in total. The predicted molar refractivity (Wildman–Crippen MR) is 110 cm³/mol. The van der Waals surface area contributed by atoms with Crippen molar-refractivity contribution in [1.82, 2.24) is 15.2 Å². The van der Waals surface area contributed by atoms with Crippen molar-refractivity contribution < 1.29 is 24.7 Å². The van der Waals surface area contributed by atoms with Crippen molar-refractivity contribution in [3.05, 3.63) is 62.0 Å². The zero-order valence-electron chi connectivity index (χ0n) is 15.2. The van der Waals surface area contributed by atoms with Gasteiger partial charge in [0.05, 0.1) is 18.1 Å². The number of benzene rings is 2. The lowest BCUT2D eigenvalue weighted by Gasteiger charge is -2.07. The summed E-state index contributed by atoms with van der Waals surface area (Å²) in [5.74, 6) is -1.52. The molecular formula is C18H13ClN4O6S. The Hall–Kier alpha value is -3.57. The van der Waals surface area contributed by atoms with Crippen molar-refractivity contribution in [2.45, 2.75) is 5.16 Å². The molecular weight excluding hydrogens is 436 g/mol. The minimum absolute atomic E-state index is 0.0978. The van der Waals surface area contributed by atoms with Crippen LogP contribution in [-0.4, -0.2) is 43.4 Å². The Balaban J connectivity index is 1.95. The van der Waals surface area contributed by atoms with Crippen molar-refractivity contribution in [3.8, 4) is 22.9 Å². The lowest BCUT2D eigenvalue weighted by Crippen LogP contribution is -1.98. The maximum absolute atomic E-state index is 11.7. The van der Waals surface area contributed by atoms with E-state index in [2.05, 4.69) is 15.2 Å². The van der Waals surface area contributed by atoms with Crippen LogP contribution in [0.1, 0.15) is 5.56 Å². The molecule has 0 saturated heterocycles. The lowest BCUT2D eigenvalue weighted by molar-refractivity contribution is -0.385. The summed E-state index contributed by atoms with van der Waals surface area (Å²) < 4.78 is 4.92. The van der Waals surface area contributed by atoms with Crippen LogP contribution in [0.4, 0.5) is 5.69 Å². The summed E-state index contributed by atoms with van der Waals surface area (Å²) >= 11 is 6.56. The number of aliphatic carboxylic acids is 1. The van der Waals surface area contributed by atoms with Gasteiger partial charge in [-0.25, -0.2) is 9.78 Å². The summed E-state index contributed by atoms with van der Waals surface area (Å²) in [6, 6.07) is 8.87. The standard InChI is InChI=1S/C18H13ClN4O6S/c1-29-13-8-12(23(27)28)6-10(15(13)24)7-14(17(25)26)30-18-20-16(21-22-18)9-2-4-11(19)5-3-9/h2-8,24H,1H3,(H,25,26)(H,20,21,22)/b14-7+. The highest BCUT2D eigenvalue weighted by molar-refractivity contribution is 8.04. The van der Waals surface area contributed by atoms with Crippen molar-refractivity contribution >= 4 is 41.1 Å². The zero-order chi connectivity index (χ0) is 21.8. The van der Waals surface area contributed by atoms with Gasteiger partial charge in [-0.15, -0.1) is 5.10 Å². The number of phenols is 1. The highest BCUT2D eigenvalue weighted by atomic mass is 35.5. The average molecular weight is 449 g/mol. The van der Waals surface area contributed by atoms with Gasteiger partial charge in [-0.2, -0.15) is 0 Å². The molecule has 0 aliphatic heterocycles. The number of aromatic amines is 1. The summed E-state index contributed by atoms with van der Waals surface area (Å²) in [5, 5.41) is 38.2. The van der Waals surface area contributed by atoms with Crippen LogP contribution in [0.3, 0.4) is 0 Å². The molecule has 0 radical (unpaired) electrons. The molecule has 0 spiro atoms. The number of nitro groups is 1. The first kappa shape index (κ1) is 21.1. The molecule has 3 rings (SSSR count). The molecule has 1 aromatic heterocycles. The molecule has 0 fully saturated rings. The number of halogens is 1. The molecule has 0 unspecified atom stereocenters. The molecule has 0 atom stereocenters. The van der Waals surface area contributed by atoms with E-state index < -0.39 is 16.6 Å². The molecule has 3 aromatic rings. The van der Waals surface area contributed by atoms with Crippen molar-refractivity contribution in [2.24, 2.45) is 0 Å². The zero-order valence-corrected chi connectivity index (χ0v) is 16.8. The summed E-state index contributed by atoms with van der Waals surface area (Å²) in [6.07, 6.45) is 1.08. The molecule has 0 amide bonds. The van der Waals surface area contributed by atoms with Crippen molar-refractivity contribution in [1.29, 1.82) is 0 Å². The number of H-pyrrole nitrogens is 1. The number of thioether (sulfide) groups is 1. The van der Waals surface area contributed by atoms with E-state index in [0.717, 1.165) is 18.2 Å². The van der Waals surface area contributed by atoms with E-state index in [1.54, 1.807) is 24.3 Å². The molecule has 0 bridgehead atoms.